The molecule has 0 atom stereocenters. The number of hydrogen-bond donors (Lipinski definition) is 1. The van der Waals surface area contributed by atoms with Crippen molar-refractivity contribution in [2.24, 2.45) is 0 Å². The van der Waals surface area contributed by atoms with Gasteiger partial charge < -0.3 is 5.11 Å². The van der Waals surface area contributed by atoms with Crippen LogP contribution in [0.2, 0.25) is 0 Å². The van der Waals surface area contributed by atoms with E-state index in [0.717, 1.165) is 23.1 Å². The van der Waals surface area contributed by atoms with Crippen LogP contribution in [0.3, 0.4) is 0 Å². The first-order valence-corrected chi connectivity index (χ1v) is 6.10. The van der Waals surface area contributed by atoms with Crippen LogP contribution >= 0.6 is 27.7 Å². The van der Waals surface area contributed by atoms with E-state index < -0.39 is 0 Å². The molecule has 0 radical (unpaired) electrons. The third-order valence-electron chi connectivity index (χ3n) is 1.63. The first-order valence-electron chi connectivity index (χ1n) is 4.32. The third kappa shape index (κ3) is 4.69. The van der Waals surface area contributed by atoms with Gasteiger partial charge >= 0.3 is 0 Å². The Morgan fingerprint density at radius 2 is 1.85 bits per heavy atom. The van der Waals surface area contributed by atoms with Crippen LogP contribution < -0.4 is 0 Å². The van der Waals surface area contributed by atoms with Crippen molar-refractivity contribution in [1.82, 2.24) is 0 Å². The van der Waals surface area contributed by atoms with E-state index in [0.29, 0.717) is 6.61 Å². The highest BCUT2D eigenvalue weighted by Gasteiger charge is 1.93. The number of thioether (sulfide) groups is 1. The van der Waals surface area contributed by atoms with Gasteiger partial charge in [-0.2, -0.15) is 0 Å². The highest BCUT2D eigenvalue weighted by atomic mass is 79.9. The lowest BCUT2D eigenvalue weighted by molar-refractivity contribution is 0.287. The molecule has 13 heavy (non-hydrogen) atoms. The monoisotopic (exact) mass is 260 g/mol. The molecule has 0 aliphatic rings. The predicted octanol–water partition coefficient (Wildman–Crippen LogP) is 3.31. The molecular formula is C10H13BrOS. The van der Waals surface area contributed by atoms with Crippen LogP contribution in [-0.4, -0.2) is 17.5 Å². The Morgan fingerprint density at radius 1 is 1.15 bits per heavy atom. The van der Waals surface area contributed by atoms with E-state index >= 15 is 0 Å². The lowest BCUT2D eigenvalue weighted by atomic mass is 10.4. The van der Waals surface area contributed by atoms with Crippen LogP contribution in [0.4, 0.5) is 0 Å². The molecule has 1 aromatic carbocycles. The average Bonchev–Trinajstić information content (AvgIpc) is 2.15. The van der Waals surface area contributed by atoms with Crippen molar-refractivity contribution >= 4 is 27.7 Å². The molecule has 1 N–H and O–H groups in total. The van der Waals surface area contributed by atoms with Gasteiger partial charge in [0.25, 0.3) is 0 Å². The number of aliphatic hydroxyl groups excluding tert-OH is 1. The van der Waals surface area contributed by atoms with Crippen molar-refractivity contribution in [3.8, 4) is 0 Å². The van der Waals surface area contributed by atoms with E-state index in [1.807, 2.05) is 23.9 Å². The molecule has 0 amide bonds. The Balaban J connectivity index is 2.25. The molecule has 0 saturated carbocycles. The summed E-state index contributed by atoms with van der Waals surface area (Å²) in [5.74, 6) is 1.09. The van der Waals surface area contributed by atoms with E-state index in [4.69, 9.17) is 5.11 Å². The van der Waals surface area contributed by atoms with Gasteiger partial charge in [0.05, 0.1) is 0 Å². The van der Waals surface area contributed by atoms with Gasteiger partial charge in [-0.15, -0.1) is 11.8 Å². The smallest absolute Gasteiger partial charge is 0.0431 e. The Morgan fingerprint density at radius 3 is 2.46 bits per heavy atom. The van der Waals surface area contributed by atoms with Crippen LogP contribution in [0.25, 0.3) is 0 Å². The van der Waals surface area contributed by atoms with E-state index in [2.05, 4.69) is 28.1 Å². The number of rotatable bonds is 5. The molecule has 1 rings (SSSR count). The largest absolute Gasteiger partial charge is 0.396 e. The fourth-order valence-corrected chi connectivity index (χ4v) is 2.11. The fourth-order valence-electron chi connectivity index (χ4n) is 0.935. The van der Waals surface area contributed by atoms with E-state index in [1.54, 1.807) is 0 Å². The predicted molar refractivity (Wildman–Crippen MR) is 61.2 cm³/mol. The molecule has 1 aromatic rings. The highest BCUT2D eigenvalue weighted by Crippen LogP contribution is 2.21. The highest BCUT2D eigenvalue weighted by molar-refractivity contribution is 9.10. The quantitative estimate of drug-likeness (QED) is 0.648. The van der Waals surface area contributed by atoms with Crippen LogP contribution in [-0.2, 0) is 0 Å². The summed E-state index contributed by atoms with van der Waals surface area (Å²) in [6, 6.07) is 8.31. The van der Waals surface area contributed by atoms with Crippen LogP contribution in [0, 0.1) is 0 Å². The zero-order valence-corrected chi connectivity index (χ0v) is 9.77. The summed E-state index contributed by atoms with van der Waals surface area (Å²) in [5, 5.41) is 8.58. The minimum atomic E-state index is 0.306. The van der Waals surface area contributed by atoms with Gasteiger partial charge in [0.2, 0.25) is 0 Å². The van der Waals surface area contributed by atoms with Crippen molar-refractivity contribution in [3.05, 3.63) is 28.7 Å². The van der Waals surface area contributed by atoms with Gasteiger partial charge in [0.1, 0.15) is 0 Å². The molecule has 0 spiro atoms. The topological polar surface area (TPSA) is 20.2 Å². The Kier molecular flexibility index (Phi) is 5.51. The van der Waals surface area contributed by atoms with Gasteiger partial charge in [-0.05, 0) is 42.9 Å². The number of hydrogen-bond acceptors (Lipinski definition) is 2. The maximum absolute atomic E-state index is 8.58. The average molecular weight is 261 g/mol. The number of halogens is 1. The zero-order valence-electron chi connectivity index (χ0n) is 7.37. The summed E-state index contributed by atoms with van der Waals surface area (Å²) in [6.45, 7) is 0.306. The van der Waals surface area contributed by atoms with Crippen molar-refractivity contribution < 1.29 is 5.11 Å². The maximum atomic E-state index is 8.58. The molecule has 0 aliphatic heterocycles. The second-order valence-electron chi connectivity index (χ2n) is 2.73. The van der Waals surface area contributed by atoms with Gasteiger partial charge in [0.15, 0.2) is 0 Å². The second-order valence-corrected chi connectivity index (χ2v) is 4.82. The maximum Gasteiger partial charge on any atom is 0.0431 e. The van der Waals surface area contributed by atoms with E-state index in [9.17, 15) is 0 Å². The molecule has 0 aromatic heterocycles. The molecule has 0 aliphatic carbocycles. The third-order valence-corrected chi connectivity index (χ3v) is 3.26. The normalized spacial score (nSPS) is 10.3. The Bertz CT molecular complexity index is 235. The standard InChI is InChI=1S/C10H13BrOS/c11-9-3-5-10(6-4-9)13-8-2-1-7-12/h3-6,12H,1-2,7-8H2. The van der Waals surface area contributed by atoms with Crippen molar-refractivity contribution in [2.45, 2.75) is 17.7 Å². The van der Waals surface area contributed by atoms with Crippen LogP contribution in [0.15, 0.2) is 33.6 Å². The molecule has 1 nitrogen and oxygen atoms in total. The molecule has 0 heterocycles. The summed E-state index contributed by atoms with van der Waals surface area (Å²) >= 11 is 5.23. The van der Waals surface area contributed by atoms with E-state index in [1.165, 1.54) is 4.90 Å². The molecule has 0 bridgehead atoms. The first-order chi connectivity index (χ1) is 6.33. The molecule has 0 saturated heterocycles. The fraction of sp³-hybridized carbons (Fsp3) is 0.400. The Hall–Kier alpha value is 0.01000. The van der Waals surface area contributed by atoms with Crippen molar-refractivity contribution in [3.63, 3.8) is 0 Å². The lowest BCUT2D eigenvalue weighted by Gasteiger charge is -2.00. The van der Waals surface area contributed by atoms with Gasteiger partial charge in [-0.25, -0.2) is 0 Å². The van der Waals surface area contributed by atoms with Crippen molar-refractivity contribution in [2.75, 3.05) is 12.4 Å². The van der Waals surface area contributed by atoms with Gasteiger partial charge in [0, 0.05) is 16.0 Å². The second kappa shape index (κ2) is 6.46. The summed E-state index contributed by atoms with van der Waals surface area (Å²) in [6.07, 6.45) is 1.99. The number of aliphatic hydroxyl groups is 1. The van der Waals surface area contributed by atoms with E-state index in [-0.39, 0.29) is 0 Å². The summed E-state index contributed by atoms with van der Waals surface area (Å²) < 4.78 is 1.12. The molecule has 0 fully saturated rings. The molecular weight excluding hydrogens is 248 g/mol. The lowest BCUT2D eigenvalue weighted by Crippen LogP contribution is -1.85. The van der Waals surface area contributed by atoms with Gasteiger partial charge in [-0.3, -0.25) is 0 Å². The number of unbranched alkanes of at least 4 members (excludes halogenated alkanes) is 1. The SMILES string of the molecule is OCCCCSc1ccc(Br)cc1. The van der Waals surface area contributed by atoms with Gasteiger partial charge in [-0.1, -0.05) is 15.9 Å². The summed E-state index contributed by atoms with van der Waals surface area (Å²) in [5.41, 5.74) is 0. The minimum absolute atomic E-state index is 0.306. The number of benzene rings is 1. The van der Waals surface area contributed by atoms with Crippen LogP contribution in [0.1, 0.15) is 12.8 Å². The summed E-state index contributed by atoms with van der Waals surface area (Å²) in [4.78, 5) is 1.29. The zero-order chi connectivity index (χ0) is 9.52. The minimum Gasteiger partial charge on any atom is -0.396 e. The molecule has 72 valence electrons. The molecule has 0 unspecified atom stereocenters. The van der Waals surface area contributed by atoms with Crippen LogP contribution in [0.5, 0.6) is 0 Å². The Labute approximate surface area is 91.7 Å². The molecule has 3 heteroatoms. The van der Waals surface area contributed by atoms with Crippen molar-refractivity contribution in [1.29, 1.82) is 0 Å². The first kappa shape index (κ1) is 11.1. The summed E-state index contributed by atoms with van der Waals surface area (Å²) in [7, 11) is 0.